The largest absolute Gasteiger partial charge is 0.503 e. The SMILES string of the molecule is CCC1C2CCN(Cc3ccc(F)cc3)C(=O)C2=C(O)C(=O)N1C. The summed E-state index contributed by atoms with van der Waals surface area (Å²) in [5.41, 5.74) is 1.05. The van der Waals surface area contributed by atoms with E-state index in [1.165, 1.54) is 17.0 Å². The van der Waals surface area contributed by atoms with Crippen LogP contribution in [0.5, 0.6) is 0 Å². The molecule has 1 aromatic rings. The van der Waals surface area contributed by atoms with Crippen LogP contribution in [0.15, 0.2) is 35.6 Å². The van der Waals surface area contributed by atoms with Crippen molar-refractivity contribution in [1.29, 1.82) is 0 Å². The van der Waals surface area contributed by atoms with Crippen molar-refractivity contribution in [2.45, 2.75) is 32.4 Å². The first-order chi connectivity index (χ1) is 11.4. The van der Waals surface area contributed by atoms with Gasteiger partial charge in [0.25, 0.3) is 11.8 Å². The van der Waals surface area contributed by atoms with Gasteiger partial charge in [-0.25, -0.2) is 4.39 Å². The van der Waals surface area contributed by atoms with Gasteiger partial charge < -0.3 is 14.9 Å². The van der Waals surface area contributed by atoms with Crippen LogP contribution in [-0.2, 0) is 16.1 Å². The molecular weight excluding hydrogens is 311 g/mol. The number of carbonyl (C=O) groups excluding carboxylic acids is 2. The number of fused-ring (bicyclic) bond motifs is 1. The molecule has 0 aromatic heterocycles. The summed E-state index contributed by atoms with van der Waals surface area (Å²) in [5, 5.41) is 10.2. The standard InChI is InChI=1S/C18H21FN2O3/c1-3-14-13-8-9-21(10-11-4-6-12(19)7-5-11)17(23)15(13)16(22)18(24)20(14)2/h4-7,13-14,22H,3,8-10H2,1-2H3. The van der Waals surface area contributed by atoms with E-state index in [1.807, 2.05) is 6.92 Å². The molecule has 0 radical (unpaired) electrons. The lowest BCUT2D eigenvalue weighted by atomic mass is 9.79. The molecule has 5 nitrogen and oxygen atoms in total. The molecule has 128 valence electrons. The predicted molar refractivity (Wildman–Crippen MR) is 86.4 cm³/mol. The van der Waals surface area contributed by atoms with E-state index in [9.17, 15) is 19.1 Å². The van der Waals surface area contributed by atoms with Crippen molar-refractivity contribution in [3.63, 3.8) is 0 Å². The zero-order valence-electron chi connectivity index (χ0n) is 13.8. The summed E-state index contributed by atoms with van der Waals surface area (Å²) in [6, 6.07) is 5.92. The first kappa shape index (κ1) is 16.5. The van der Waals surface area contributed by atoms with E-state index in [0.717, 1.165) is 12.0 Å². The number of likely N-dealkylation sites (tertiary alicyclic amines) is 1. The molecule has 2 aliphatic heterocycles. The number of rotatable bonds is 3. The molecule has 3 rings (SSSR count). The van der Waals surface area contributed by atoms with E-state index in [1.54, 1.807) is 24.1 Å². The van der Waals surface area contributed by atoms with E-state index in [4.69, 9.17) is 0 Å². The van der Waals surface area contributed by atoms with Gasteiger partial charge in [-0.1, -0.05) is 19.1 Å². The minimum absolute atomic E-state index is 0.0691. The average molecular weight is 332 g/mol. The van der Waals surface area contributed by atoms with E-state index in [0.29, 0.717) is 19.5 Å². The van der Waals surface area contributed by atoms with Crippen LogP contribution in [0.1, 0.15) is 25.3 Å². The summed E-state index contributed by atoms with van der Waals surface area (Å²) < 4.78 is 13.0. The minimum Gasteiger partial charge on any atom is -0.503 e. The van der Waals surface area contributed by atoms with Crippen molar-refractivity contribution in [2.75, 3.05) is 13.6 Å². The number of halogens is 1. The van der Waals surface area contributed by atoms with Crippen molar-refractivity contribution in [1.82, 2.24) is 9.80 Å². The first-order valence-electron chi connectivity index (χ1n) is 8.18. The van der Waals surface area contributed by atoms with Crippen LogP contribution in [-0.4, -0.2) is 46.4 Å². The van der Waals surface area contributed by atoms with Crippen LogP contribution in [0.25, 0.3) is 0 Å². The lowest BCUT2D eigenvalue weighted by Crippen LogP contribution is -2.54. The average Bonchev–Trinajstić information content (AvgIpc) is 2.57. The first-order valence-corrected chi connectivity index (χ1v) is 8.18. The van der Waals surface area contributed by atoms with Crippen molar-refractivity contribution in [3.05, 3.63) is 47.0 Å². The number of carbonyl (C=O) groups is 2. The Hall–Kier alpha value is -2.37. The second-order valence-electron chi connectivity index (χ2n) is 6.40. The molecule has 1 fully saturated rings. The Morgan fingerprint density at radius 2 is 1.88 bits per heavy atom. The molecule has 0 spiro atoms. The summed E-state index contributed by atoms with van der Waals surface area (Å²) in [6.07, 6.45) is 1.43. The van der Waals surface area contributed by atoms with Crippen LogP contribution < -0.4 is 0 Å². The third-order valence-electron chi connectivity index (χ3n) is 5.04. The molecule has 2 heterocycles. The fourth-order valence-corrected chi connectivity index (χ4v) is 3.75. The number of piperidine rings is 1. The fraction of sp³-hybridized carbons (Fsp3) is 0.444. The van der Waals surface area contributed by atoms with Crippen molar-refractivity contribution < 1.29 is 19.1 Å². The molecule has 1 saturated heterocycles. The van der Waals surface area contributed by atoms with Crippen molar-refractivity contribution in [2.24, 2.45) is 5.92 Å². The summed E-state index contributed by atoms with van der Waals surface area (Å²) in [4.78, 5) is 28.2. The topological polar surface area (TPSA) is 60.9 Å². The number of aliphatic hydroxyl groups is 1. The van der Waals surface area contributed by atoms with Gasteiger partial charge in [0, 0.05) is 32.1 Å². The predicted octanol–water partition coefficient (Wildman–Crippen LogP) is 2.24. The van der Waals surface area contributed by atoms with Gasteiger partial charge in [-0.15, -0.1) is 0 Å². The van der Waals surface area contributed by atoms with Crippen molar-refractivity contribution in [3.8, 4) is 0 Å². The highest BCUT2D eigenvalue weighted by atomic mass is 19.1. The Labute approximate surface area is 140 Å². The number of amides is 2. The molecule has 1 N–H and O–H groups in total. The molecule has 0 saturated carbocycles. The molecule has 2 unspecified atom stereocenters. The van der Waals surface area contributed by atoms with Gasteiger partial charge in [0.15, 0.2) is 5.76 Å². The molecule has 0 bridgehead atoms. The van der Waals surface area contributed by atoms with Crippen LogP contribution in [0.3, 0.4) is 0 Å². The van der Waals surface area contributed by atoms with E-state index in [2.05, 4.69) is 0 Å². The minimum atomic E-state index is -0.495. The molecule has 6 heteroatoms. The second-order valence-corrected chi connectivity index (χ2v) is 6.40. The number of likely N-dealkylation sites (N-methyl/N-ethyl adjacent to an activating group) is 1. The third-order valence-corrected chi connectivity index (χ3v) is 5.04. The Morgan fingerprint density at radius 3 is 2.50 bits per heavy atom. The van der Waals surface area contributed by atoms with Gasteiger partial charge in [-0.3, -0.25) is 9.59 Å². The highest BCUT2D eigenvalue weighted by Crippen LogP contribution is 2.37. The summed E-state index contributed by atoms with van der Waals surface area (Å²) in [6.45, 7) is 2.86. The van der Waals surface area contributed by atoms with Crippen LogP contribution >= 0.6 is 0 Å². The van der Waals surface area contributed by atoms with Crippen LogP contribution in [0.2, 0.25) is 0 Å². The smallest absolute Gasteiger partial charge is 0.289 e. The molecule has 2 amide bonds. The van der Waals surface area contributed by atoms with Gasteiger partial charge in [0.1, 0.15) is 5.82 Å². The maximum Gasteiger partial charge on any atom is 0.289 e. The Kier molecular flexibility index (Phi) is 4.30. The Bertz CT molecular complexity index is 699. The molecule has 2 aliphatic rings. The highest BCUT2D eigenvalue weighted by Gasteiger charge is 2.45. The van der Waals surface area contributed by atoms with Gasteiger partial charge in [-0.2, -0.15) is 0 Å². The number of hydrogen-bond donors (Lipinski definition) is 1. The number of benzene rings is 1. The van der Waals surface area contributed by atoms with Gasteiger partial charge in [0.2, 0.25) is 0 Å². The summed E-state index contributed by atoms with van der Waals surface area (Å²) in [5.74, 6) is -1.68. The number of nitrogens with zero attached hydrogens (tertiary/aromatic N) is 2. The van der Waals surface area contributed by atoms with Crippen molar-refractivity contribution >= 4 is 11.8 Å². The fourth-order valence-electron chi connectivity index (χ4n) is 3.75. The van der Waals surface area contributed by atoms with E-state index < -0.39 is 11.7 Å². The molecule has 24 heavy (non-hydrogen) atoms. The normalized spacial score (nSPS) is 24.5. The zero-order valence-corrected chi connectivity index (χ0v) is 13.8. The molecule has 1 aromatic carbocycles. The maximum absolute atomic E-state index is 13.0. The second kappa shape index (κ2) is 6.26. The lowest BCUT2D eigenvalue weighted by Gasteiger charge is -2.44. The number of aliphatic hydroxyl groups excluding tert-OH is 1. The van der Waals surface area contributed by atoms with E-state index >= 15 is 0 Å². The quantitative estimate of drug-likeness (QED) is 0.923. The lowest BCUT2D eigenvalue weighted by molar-refractivity contribution is -0.139. The zero-order chi connectivity index (χ0) is 17.4. The molecular formula is C18H21FN2O3. The van der Waals surface area contributed by atoms with E-state index in [-0.39, 0.29) is 29.3 Å². The maximum atomic E-state index is 13.0. The highest BCUT2D eigenvalue weighted by molar-refractivity contribution is 6.05. The Morgan fingerprint density at radius 1 is 1.21 bits per heavy atom. The summed E-state index contributed by atoms with van der Waals surface area (Å²) in [7, 11) is 1.67. The molecule has 2 atom stereocenters. The van der Waals surface area contributed by atoms with Gasteiger partial charge >= 0.3 is 0 Å². The van der Waals surface area contributed by atoms with Gasteiger partial charge in [0.05, 0.1) is 5.57 Å². The molecule has 0 aliphatic carbocycles. The van der Waals surface area contributed by atoms with Gasteiger partial charge in [-0.05, 0) is 30.5 Å². The van der Waals surface area contributed by atoms with Crippen LogP contribution in [0, 0.1) is 11.7 Å². The third kappa shape index (κ3) is 2.66. The monoisotopic (exact) mass is 332 g/mol. The van der Waals surface area contributed by atoms with Crippen LogP contribution in [0.4, 0.5) is 4.39 Å². The summed E-state index contributed by atoms with van der Waals surface area (Å²) >= 11 is 0. The Balaban J connectivity index is 1.88. The number of hydrogen-bond acceptors (Lipinski definition) is 3.